The van der Waals surface area contributed by atoms with Crippen molar-refractivity contribution in [1.82, 2.24) is 4.57 Å². The standard InChI is InChI=1S/C22H20BrF2NO3/c1-4-16(12-27)6-5-14(2)11-26-15(3)9-20(21(23)22(26)28)29-13-17-7-8-18(24)10-19(17)25/h4-10,12H,2,11,13H2,1,3H3/b6-5-,16-4+. The Labute approximate surface area is 175 Å². The van der Waals surface area contributed by atoms with Gasteiger partial charge in [0.25, 0.3) is 5.56 Å². The van der Waals surface area contributed by atoms with Crippen molar-refractivity contribution in [2.45, 2.75) is 27.0 Å². The van der Waals surface area contributed by atoms with E-state index in [1.807, 2.05) is 0 Å². The predicted octanol–water partition coefficient (Wildman–Crippen LogP) is 5.03. The zero-order chi connectivity index (χ0) is 21.6. The fourth-order valence-electron chi connectivity index (χ4n) is 2.48. The number of hydrogen-bond donors (Lipinski definition) is 0. The van der Waals surface area contributed by atoms with Gasteiger partial charge in [-0.2, -0.15) is 0 Å². The van der Waals surface area contributed by atoms with Gasteiger partial charge in [-0.15, -0.1) is 0 Å². The van der Waals surface area contributed by atoms with E-state index >= 15 is 0 Å². The van der Waals surface area contributed by atoms with Crippen LogP contribution in [0.25, 0.3) is 0 Å². The van der Waals surface area contributed by atoms with Gasteiger partial charge in [0.2, 0.25) is 0 Å². The van der Waals surface area contributed by atoms with Gasteiger partial charge in [-0.25, -0.2) is 8.78 Å². The summed E-state index contributed by atoms with van der Waals surface area (Å²) in [6.07, 6.45) is 5.69. The van der Waals surface area contributed by atoms with Crippen LogP contribution in [-0.4, -0.2) is 10.9 Å². The van der Waals surface area contributed by atoms with Gasteiger partial charge in [0.05, 0.1) is 6.54 Å². The maximum atomic E-state index is 13.8. The first-order valence-corrected chi connectivity index (χ1v) is 9.50. The van der Waals surface area contributed by atoms with Crippen LogP contribution in [0.1, 0.15) is 18.2 Å². The fraction of sp³-hybridized carbons (Fsp3) is 0.182. The molecule has 0 aliphatic carbocycles. The highest BCUT2D eigenvalue weighted by atomic mass is 79.9. The van der Waals surface area contributed by atoms with Gasteiger partial charge in [0, 0.05) is 29.0 Å². The third-order valence-electron chi connectivity index (χ3n) is 4.16. The van der Waals surface area contributed by atoms with Crippen LogP contribution in [0.3, 0.4) is 0 Å². The SMILES string of the molecule is C=C(/C=C\C(C=O)=C/C)Cn1c(C)cc(OCc2ccc(F)cc2F)c(Br)c1=O. The van der Waals surface area contributed by atoms with Crippen LogP contribution in [0.4, 0.5) is 8.78 Å². The molecule has 0 aliphatic rings. The molecule has 0 spiro atoms. The van der Waals surface area contributed by atoms with Crippen LogP contribution < -0.4 is 10.3 Å². The van der Waals surface area contributed by atoms with E-state index in [1.54, 1.807) is 38.1 Å². The number of hydrogen-bond acceptors (Lipinski definition) is 3. The van der Waals surface area contributed by atoms with Crippen molar-refractivity contribution < 1.29 is 18.3 Å². The third-order valence-corrected chi connectivity index (χ3v) is 4.89. The van der Waals surface area contributed by atoms with E-state index < -0.39 is 11.6 Å². The number of carbonyl (C=O) groups is 1. The average molecular weight is 464 g/mol. The van der Waals surface area contributed by atoms with Gasteiger partial charge in [0.15, 0.2) is 0 Å². The number of ether oxygens (including phenoxy) is 1. The van der Waals surface area contributed by atoms with Gasteiger partial charge in [-0.1, -0.05) is 24.8 Å². The number of nitrogens with zero attached hydrogens (tertiary/aromatic N) is 1. The predicted molar refractivity (Wildman–Crippen MR) is 112 cm³/mol. The third kappa shape index (κ3) is 5.84. The van der Waals surface area contributed by atoms with E-state index in [-0.39, 0.29) is 34.5 Å². The molecule has 29 heavy (non-hydrogen) atoms. The summed E-state index contributed by atoms with van der Waals surface area (Å²) in [5.41, 5.74) is 1.59. The molecule has 1 aromatic carbocycles. The van der Waals surface area contributed by atoms with E-state index in [0.29, 0.717) is 16.8 Å². The lowest BCUT2D eigenvalue weighted by molar-refractivity contribution is -0.104. The van der Waals surface area contributed by atoms with Crippen molar-refractivity contribution in [1.29, 1.82) is 0 Å². The molecule has 0 amide bonds. The number of benzene rings is 1. The highest BCUT2D eigenvalue weighted by Crippen LogP contribution is 2.24. The lowest BCUT2D eigenvalue weighted by Gasteiger charge is -2.15. The molecule has 0 saturated heterocycles. The summed E-state index contributed by atoms with van der Waals surface area (Å²) in [6.45, 7) is 7.47. The van der Waals surface area contributed by atoms with E-state index in [4.69, 9.17) is 4.74 Å². The van der Waals surface area contributed by atoms with Crippen molar-refractivity contribution in [3.8, 4) is 5.75 Å². The lowest BCUT2D eigenvalue weighted by atomic mass is 10.2. The van der Waals surface area contributed by atoms with Crippen molar-refractivity contribution in [3.63, 3.8) is 0 Å². The molecule has 0 bridgehead atoms. The first-order chi connectivity index (χ1) is 13.8. The first-order valence-electron chi connectivity index (χ1n) is 8.70. The second-order valence-electron chi connectivity index (χ2n) is 6.28. The Balaban J connectivity index is 2.20. The Morgan fingerprint density at radius 1 is 1.28 bits per heavy atom. The van der Waals surface area contributed by atoms with E-state index in [2.05, 4.69) is 22.5 Å². The fourth-order valence-corrected chi connectivity index (χ4v) is 2.93. The summed E-state index contributed by atoms with van der Waals surface area (Å²) in [7, 11) is 0. The van der Waals surface area contributed by atoms with Gasteiger partial charge in [-0.3, -0.25) is 9.59 Å². The summed E-state index contributed by atoms with van der Waals surface area (Å²) >= 11 is 3.23. The van der Waals surface area contributed by atoms with E-state index in [0.717, 1.165) is 18.4 Å². The molecule has 0 atom stereocenters. The molecular formula is C22H20BrF2NO3. The molecular weight excluding hydrogens is 444 g/mol. The number of aldehydes is 1. The maximum Gasteiger partial charge on any atom is 0.269 e. The Hall–Kier alpha value is -2.80. The van der Waals surface area contributed by atoms with Crippen LogP contribution in [0.2, 0.25) is 0 Å². The molecule has 1 heterocycles. The molecule has 0 fully saturated rings. The average Bonchev–Trinajstić information content (AvgIpc) is 2.69. The Kier molecular flexibility index (Phi) is 7.84. The molecule has 0 saturated carbocycles. The minimum atomic E-state index is -0.718. The largest absolute Gasteiger partial charge is 0.487 e. The van der Waals surface area contributed by atoms with Gasteiger partial charge < -0.3 is 9.30 Å². The van der Waals surface area contributed by atoms with Crippen molar-refractivity contribution in [3.05, 3.63) is 97.9 Å². The van der Waals surface area contributed by atoms with E-state index in [9.17, 15) is 18.4 Å². The number of rotatable bonds is 8. The van der Waals surface area contributed by atoms with Gasteiger partial charge in [-0.05, 0) is 47.5 Å². The molecule has 0 unspecified atom stereocenters. The lowest BCUT2D eigenvalue weighted by Crippen LogP contribution is -2.24. The summed E-state index contributed by atoms with van der Waals surface area (Å²) in [5, 5.41) is 0. The van der Waals surface area contributed by atoms with Crippen LogP contribution in [0.5, 0.6) is 5.75 Å². The minimum Gasteiger partial charge on any atom is -0.487 e. The van der Waals surface area contributed by atoms with Crippen LogP contribution in [-0.2, 0) is 17.9 Å². The summed E-state index contributed by atoms with van der Waals surface area (Å²) in [5.74, 6) is -1.13. The van der Waals surface area contributed by atoms with Gasteiger partial charge >= 0.3 is 0 Å². The topological polar surface area (TPSA) is 48.3 Å². The normalized spacial score (nSPS) is 11.7. The smallest absolute Gasteiger partial charge is 0.269 e. The molecule has 152 valence electrons. The zero-order valence-corrected chi connectivity index (χ0v) is 17.6. The molecule has 4 nitrogen and oxygen atoms in total. The summed E-state index contributed by atoms with van der Waals surface area (Å²) < 4.78 is 34.0. The quantitative estimate of drug-likeness (QED) is 0.313. The second-order valence-corrected chi connectivity index (χ2v) is 7.07. The van der Waals surface area contributed by atoms with E-state index in [1.165, 1.54) is 10.6 Å². The minimum absolute atomic E-state index is 0.152. The van der Waals surface area contributed by atoms with Gasteiger partial charge in [0.1, 0.15) is 34.7 Å². The van der Waals surface area contributed by atoms with Crippen LogP contribution in [0.15, 0.2) is 69.5 Å². The van der Waals surface area contributed by atoms with Crippen molar-refractivity contribution >= 4 is 22.2 Å². The first kappa shape index (κ1) is 22.5. The van der Waals surface area contributed by atoms with Crippen LogP contribution >= 0.6 is 15.9 Å². The number of pyridine rings is 1. The zero-order valence-electron chi connectivity index (χ0n) is 16.0. The molecule has 1 aromatic heterocycles. The summed E-state index contributed by atoms with van der Waals surface area (Å²) in [4.78, 5) is 23.5. The number of allylic oxidation sites excluding steroid dienone is 5. The number of aromatic nitrogens is 1. The molecule has 0 N–H and O–H groups in total. The van der Waals surface area contributed by atoms with Crippen molar-refractivity contribution in [2.24, 2.45) is 0 Å². The molecule has 2 rings (SSSR count). The Morgan fingerprint density at radius 3 is 2.62 bits per heavy atom. The monoisotopic (exact) mass is 463 g/mol. The van der Waals surface area contributed by atoms with Crippen molar-refractivity contribution in [2.75, 3.05) is 0 Å². The van der Waals surface area contributed by atoms with Crippen LogP contribution in [0, 0.1) is 18.6 Å². The number of carbonyl (C=O) groups excluding carboxylic acids is 1. The highest BCUT2D eigenvalue weighted by Gasteiger charge is 2.13. The molecule has 7 heteroatoms. The number of halogens is 3. The molecule has 0 aliphatic heterocycles. The highest BCUT2D eigenvalue weighted by molar-refractivity contribution is 9.10. The summed E-state index contributed by atoms with van der Waals surface area (Å²) in [6, 6.07) is 4.86. The Morgan fingerprint density at radius 2 is 2.00 bits per heavy atom. The maximum absolute atomic E-state index is 13.8. The Bertz CT molecular complexity index is 1050. The molecule has 2 aromatic rings. The number of aryl methyl sites for hydroxylation is 1. The molecule has 0 radical (unpaired) electrons. The second kappa shape index (κ2) is 10.1.